The highest BCUT2D eigenvalue weighted by molar-refractivity contribution is 7.99. The van der Waals surface area contributed by atoms with E-state index in [9.17, 15) is 13.2 Å². The Morgan fingerprint density at radius 1 is 1.50 bits per heavy atom. The SMILES string of the molecule is CC[C@H](C)NC(=O)CSc1ncc(S(=O)(=O)c2cccs2)c(N)n1. The van der Waals surface area contributed by atoms with Crippen molar-refractivity contribution in [2.24, 2.45) is 0 Å². The highest BCUT2D eigenvalue weighted by atomic mass is 32.2. The van der Waals surface area contributed by atoms with E-state index in [-0.39, 0.29) is 37.8 Å². The summed E-state index contributed by atoms with van der Waals surface area (Å²) in [4.78, 5) is 19.6. The monoisotopic (exact) mass is 386 g/mol. The molecule has 2 rings (SSSR count). The summed E-state index contributed by atoms with van der Waals surface area (Å²) in [6.45, 7) is 3.90. The van der Waals surface area contributed by atoms with Crippen LogP contribution < -0.4 is 11.1 Å². The molecule has 0 aliphatic rings. The molecule has 2 heterocycles. The molecule has 0 saturated heterocycles. The molecule has 0 bridgehead atoms. The molecular formula is C14H18N4O3S3. The fraction of sp³-hybridized carbons (Fsp3) is 0.357. The fourth-order valence-electron chi connectivity index (χ4n) is 1.72. The van der Waals surface area contributed by atoms with Crippen LogP contribution in [0.1, 0.15) is 20.3 Å². The largest absolute Gasteiger partial charge is 0.382 e. The number of nitrogens with zero attached hydrogens (tertiary/aromatic N) is 2. The molecule has 0 radical (unpaired) electrons. The first-order valence-corrected chi connectivity index (χ1v) is 10.5. The van der Waals surface area contributed by atoms with Gasteiger partial charge in [0.15, 0.2) is 5.16 Å². The van der Waals surface area contributed by atoms with Crippen LogP contribution in [0.4, 0.5) is 5.82 Å². The van der Waals surface area contributed by atoms with Crippen LogP contribution in [0.3, 0.4) is 0 Å². The zero-order valence-electron chi connectivity index (χ0n) is 13.2. The zero-order valence-corrected chi connectivity index (χ0v) is 15.7. The van der Waals surface area contributed by atoms with Gasteiger partial charge in [-0.25, -0.2) is 18.4 Å². The van der Waals surface area contributed by atoms with Gasteiger partial charge in [0, 0.05) is 6.04 Å². The number of anilines is 1. The molecule has 130 valence electrons. The maximum absolute atomic E-state index is 12.4. The molecule has 0 saturated carbocycles. The van der Waals surface area contributed by atoms with Crippen molar-refractivity contribution in [3.8, 4) is 0 Å². The number of amides is 1. The smallest absolute Gasteiger partial charge is 0.230 e. The highest BCUT2D eigenvalue weighted by Gasteiger charge is 2.23. The van der Waals surface area contributed by atoms with Crippen LogP contribution in [-0.2, 0) is 14.6 Å². The number of aromatic nitrogens is 2. The number of nitrogen functional groups attached to an aromatic ring is 1. The first kappa shape index (κ1) is 18.7. The summed E-state index contributed by atoms with van der Waals surface area (Å²) in [5, 5.41) is 4.76. The van der Waals surface area contributed by atoms with E-state index in [1.54, 1.807) is 11.4 Å². The van der Waals surface area contributed by atoms with Crippen molar-refractivity contribution in [1.82, 2.24) is 15.3 Å². The zero-order chi connectivity index (χ0) is 17.7. The lowest BCUT2D eigenvalue weighted by atomic mass is 10.3. The molecule has 3 N–H and O–H groups in total. The van der Waals surface area contributed by atoms with Crippen LogP contribution in [0, 0.1) is 0 Å². The number of rotatable bonds is 7. The Kier molecular flexibility index (Phi) is 6.19. The Hall–Kier alpha value is -1.65. The summed E-state index contributed by atoms with van der Waals surface area (Å²) in [5.41, 5.74) is 5.78. The van der Waals surface area contributed by atoms with E-state index in [1.807, 2.05) is 13.8 Å². The minimum atomic E-state index is -3.71. The minimum absolute atomic E-state index is 0.0994. The van der Waals surface area contributed by atoms with E-state index < -0.39 is 9.84 Å². The van der Waals surface area contributed by atoms with Crippen LogP contribution in [0.25, 0.3) is 0 Å². The summed E-state index contributed by atoms with van der Waals surface area (Å²) < 4.78 is 25.0. The van der Waals surface area contributed by atoms with Crippen molar-refractivity contribution < 1.29 is 13.2 Å². The summed E-state index contributed by atoms with van der Waals surface area (Å²) in [5.74, 6) is -0.115. The number of nitrogens with two attached hydrogens (primary N) is 1. The summed E-state index contributed by atoms with van der Waals surface area (Å²) in [6.07, 6.45) is 2.03. The maximum atomic E-state index is 12.4. The average Bonchev–Trinajstić information content (AvgIpc) is 3.08. The van der Waals surface area contributed by atoms with Crippen LogP contribution in [0.5, 0.6) is 0 Å². The Morgan fingerprint density at radius 2 is 2.25 bits per heavy atom. The standard InChI is InChI=1S/C14H18N4O3S3/c1-3-9(2)17-11(19)8-23-14-16-7-10(13(15)18-14)24(20,21)12-5-4-6-22-12/h4-7,9H,3,8H2,1-2H3,(H,17,19)(H2,15,16,18)/t9-/m0/s1. The number of nitrogens with one attached hydrogen (secondary N) is 1. The molecule has 1 amide bonds. The van der Waals surface area contributed by atoms with Gasteiger partial charge in [-0.15, -0.1) is 11.3 Å². The van der Waals surface area contributed by atoms with Gasteiger partial charge in [-0.3, -0.25) is 4.79 Å². The van der Waals surface area contributed by atoms with Crippen molar-refractivity contribution in [2.75, 3.05) is 11.5 Å². The van der Waals surface area contributed by atoms with Gasteiger partial charge in [-0.05, 0) is 24.8 Å². The highest BCUT2D eigenvalue weighted by Crippen LogP contribution is 2.28. The van der Waals surface area contributed by atoms with Crippen LogP contribution in [-0.4, -0.2) is 36.1 Å². The molecule has 0 aromatic carbocycles. The molecule has 10 heteroatoms. The van der Waals surface area contributed by atoms with E-state index in [0.29, 0.717) is 0 Å². The third-order valence-corrected chi connectivity index (χ3v) is 7.19. The third-order valence-electron chi connectivity index (χ3n) is 3.16. The fourth-order valence-corrected chi connectivity index (χ4v) is 4.73. The number of carbonyl (C=O) groups excluding carboxylic acids is 1. The quantitative estimate of drug-likeness (QED) is 0.552. The first-order valence-electron chi connectivity index (χ1n) is 7.17. The number of hydrogen-bond acceptors (Lipinski definition) is 8. The van der Waals surface area contributed by atoms with Crippen LogP contribution >= 0.6 is 23.1 Å². The number of thioether (sulfide) groups is 1. The molecule has 0 spiro atoms. The van der Waals surface area contributed by atoms with E-state index in [4.69, 9.17) is 5.73 Å². The van der Waals surface area contributed by atoms with Crippen molar-refractivity contribution >= 4 is 44.7 Å². The lowest BCUT2D eigenvalue weighted by Gasteiger charge is -2.11. The molecule has 24 heavy (non-hydrogen) atoms. The predicted octanol–water partition coefficient (Wildman–Crippen LogP) is 1.96. The Morgan fingerprint density at radius 3 is 2.83 bits per heavy atom. The maximum Gasteiger partial charge on any atom is 0.230 e. The van der Waals surface area contributed by atoms with Crippen molar-refractivity contribution in [2.45, 2.75) is 40.6 Å². The van der Waals surface area contributed by atoms with Crippen molar-refractivity contribution in [3.63, 3.8) is 0 Å². The third kappa shape index (κ3) is 4.46. The van der Waals surface area contributed by atoms with E-state index in [1.165, 1.54) is 12.3 Å². The van der Waals surface area contributed by atoms with Gasteiger partial charge in [-0.1, -0.05) is 24.8 Å². The second-order valence-corrected chi connectivity index (χ2v) is 9.04. The van der Waals surface area contributed by atoms with Gasteiger partial charge in [0.05, 0.1) is 11.9 Å². The number of thiophene rings is 1. The van der Waals surface area contributed by atoms with Gasteiger partial charge in [0.1, 0.15) is 14.9 Å². The summed E-state index contributed by atoms with van der Waals surface area (Å²) >= 11 is 2.21. The number of sulfone groups is 1. The van der Waals surface area contributed by atoms with E-state index in [0.717, 1.165) is 29.5 Å². The molecule has 0 aliphatic carbocycles. The molecule has 0 unspecified atom stereocenters. The average molecular weight is 387 g/mol. The van der Waals surface area contributed by atoms with Crippen LogP contribution in [0.15, 0.2) is 38.0 Å². The minimum Gasteiger partial charge on any atom is -0.382 e. The number of hydrogen-bond donors (Lipinski definition) is 2. The summed E-state index contributed by atoms with van der Waals surface area (Å²) in [7, 11) is -3.71. The molecular weight excluding hydrogens is 368 g/mol. The van der Waals surface area contributed by atoms with Gasteiger partial charge in [0.25, 0.3) is 0 Å². The molecule has 1 atom stereocenters. The Bertz CT molecular complexity index is 807. The van der Waals surface area contributed by atoms with Gasteiger partial charge < -0.3 is 11.1 Å². The second kappa shape index (κ2) is 7.95. The normalized spacial score (nSPS) is 12.8. The second-order valence-electron chi connectivity index (χ2n) is 5.00. The lowest BCUT2D eigenvalue weighted by Crippen LogP contribution is -2.33. The topological polar surface area (TPSA) is 115 Å². The molecule has 0 aliphatic heterocycles. The lowest BCUT2D eigenvalue weighted by molar-refractivity contribution is -0.119. The van der Waals surface area contributed by atoms with Gasteiger partial charge in [-0.2, -0.15) is 0 Å². The number of carbonyl (C=O) groups is 1. The Labute approximate surface area is 149 Å². The van der Waals surface area contributed by atoms with Crippen molar-refractivity contribution in [1.29, 1.82) is 0 Å². The van der Waals surface area contributed by atoms with E-state index in [2.05, 4.69) is 15.3 Å². The molecule has 2 aromatic heterocycles. The van der Waals surface area contributed by atoms with Gasteiger partial charge >= 0.3 is 0 Å². The Balaban J connectivity index is 2.09. The predicted molar refractivity (Wildman–Crippen MR) is 94.8 cm³/mol. The van der Waals surface area contributed by atoms with Crippen molar-refractivity contribution in [3.05, 3.63) is 23.7 Å². The van der Waals surface area contributed by atoms with Gasteiger partial charge in [0.2, 0.25) is 15.7 Å². The van der Waals surface area contributed by atoms with Crippen LogP contribution in [0.2, 0.25) is 0 Å². The first-order chi connectivity index (χ1) is 11.3. The molecule has 2 aromatic rings. The summed E-state index contributed by atoms with van der Waals surface area (Å²) in [6, 6.07) is 3.25. The van der Waals surface area contributed by atoms with E-state index >= 15 is 0 Å². The molecule has 7 nitrogen and oxygen atoms in total. The molecule has 0 fully saturated rings.